The van der Waals surface area contributed by atoms with Crippen LogP contribution in [0, 0.1) is 0 Å². The van der Waals surface area contributed by atoms with Crippen molar-refractivity contribution in [2.75, 3.05) is 11.9 Å². The van der Waals surface area contributed by atoms with Crippen molar-refractivity contribution in [1.82, 2.24) is 0 Å². The predicted molar refractivity (Wildman–Crippen MR) is 90.3 cm³/mol. The fourth-order valence-electron chi connectivity index (χ4n) is 2.87. The number of ether oxygens (including phenoxy) is 1. The molecule has 126 valence electrons. The minimum atomic E-state index is -1.23. The number of nitrogens with zero attached hydrogens (tertiary/aromatic N) is 1. The van der Waals surface area contributed by atoms with E-state index in [0.717, 1.165) is 11.3 Å². The van der Waals surface area contributed by atoms with E-state index in [9.17, 15) is 9.59 Å². The van der Waals surface area contributed by atoms with E-state index in [0.29, 0.717) is 12.0 Å². The van der Waals surface area contributed by atoms with Gasteiger partial charge in [0.25, 0.3) is 0 Å². The highest BCUT2D eigenvalue weighted by atomic mass is 16.5. The van der Waals surface area contributed by atoms with Crippen molar-refractivity contribution >= 4 is 17.6 Å². The first-order chi connectivity index (χ1) is 10.5. The SMILES string of the molecule is CC(C)OC(=O)C(C)(N)c1ccc2c(c1)C(C)(C)CC(=O)N2C. The van der Waals surface area contributed by atoms with Crippen molar-refractivity contribution in [3.05, 3.63) is 29.3 Å². The third-order valence-electron chi connectivity index (χ3n) is 4.42. The molecule has 2 rings (SSSR count). The van der Waals surface area contributed by atoms with E-state index < -0.39 is 11.5 Å². The Morgan fingerprint density at radius 3 is 2.57 bits per heavy atom. The second-order valence-electron chi connectivity index (χ2n) is 7.40. The standard InChI is InChI=1S/C18H26N2O3/c1-11(2)23-16(22)18(5,19)12-7-8-14-13(9-12)17(3,4)10-15(21)20(14)6/h7-9,11H,10,19H2,1-6H3. The average molecular weight is 318 g/mol. The Hall–Kier alpha value is -1.88. The number of anilines is 1. The molecule has 23 heavy (non-hydrogen) atoms. The van der Waals surface area contributed by atoms with Gasteiger partial charge >= 0.3 is 5.97 Å². The van der Waals surface area contributed by atoms with E-state index in [4.69, 9.17) is 10.5 Å². The van der Waals surface area contributed by atoms with Crippen LogP contribution in [-0.4, -0.2) is 25.0 Å². The van der Waals surface area contributed by atoms with Crippen LogP contribution in [-0.2, 0) is 25.3 Å². The maximum Gasteiger partial charge on any atom is 0.330 e. The molecular formula is C18H26N2O3. The van der Waals surface area contributed by atoms with Gasteiger partial charge in [0.1, 0.15) is 5.54 Å². The van der Waals surface area contributed by atoms with E-state index in [1.165, 1.54) is 0 Å². The molecule has 1 unspecified atom stereocenters. The molecule has 1 amide bonds. The third kappa shape index (κ3) is 3.11. The van der Waals surface area contributed by atoms with Crippen LogP contribution in [0.1, 0.15) is 52.2 Å². The number of carbonyl (C=O) groups is 2. The lowest BCUT2D eigenvalue weighted by atomic mass is 9.75. The van der Waals surface area contributed by atoms with Gasteiger partial charge in [-0.2, -0.15) is 0 Å². The zero-order valence-electron chi connectivity index (χ0n) is 14.8. The van der Waals surface area contributed by atoms with E-state index in [1.54, 1.807) is 38.8 Å². The van der Waals surface area contributed by atoms with Crippen molar-refractivity contribution in [3.63, 3.8) is 0 Å². The van der Waals surface area contributed by atoms with Gasteiger partial charge in [0, 0.05) is 24.6 Å². The van der Waals surface area contributed by atoms with Crippen LogP contribution < -0.4 is 10.6 Å². The molecule has 5 heteroatoms. The highest BCUT2D eigenvalue weighted by molar-refractivity contribution is 5.97. The predicted octanol–water partition coefficient (Wildman–Crippen LogP) is 2.46. The monoisotopic (exact) mass is 318 g/mol. The highest BCUT2D eigenvalue weighted by Gasteiger charge is 2.38. The summed E-state index contributed by atoms with van der Waals surface area (Å²) in [6.07, 6.45) is 0.209. The van der Waals surface area contributed by atoms with Gasteiger partial charge in [0.15, 0.2) is 0 Å². The number of carbonyl (C=O) groups excluding carboxylic acids is 2. The minimum absolute atomic E-state index is 0.0879. The van der Waals surface area contributed by atoms with Gasteiger partial charge in [0.05, 0.1) is 6.10 Å². The Balaban J connectivity index is 2.49. The number of nitrogens with two attached hydrogens (primary N) is 1. The van der Waals surface area contributed by atoms with Gasteiger partial charge in [-0.1, -0.05) is 26.0 Å². The molecule has 0 fully saturated rings. The van der Waals surface area contributed by atoms with Crippen LogP contribution in [0.5, 0.6) is 0 Å². The summed E-state index contributed by atoms with van der Waals surface area (Å²) in [5.41, 5.74) is 7.31. The van der Waals surface area contributed by atoms with Crippen LogP contribution in [0.15, 0.2) is 18.2 Å². The molecule has 0 saturated heterocycles. The second kappa shape index (κ2) is 5.64. The first-order valence-electron chi connectivity index (χ1n) is 7.88. The fourth-order valence-corrected chi connectivity index (χ4v) is 2.87. The summed E-state index contributed by atoms with van der Waals surface area (Å²) in [6, 6.07) is 5.59. The largest absolute Gasteiger partial charge is 0.461 e. The second-order valence-corrected chi connectivity index (χ2v) is 7.40. The Kier molecular flexibility index (Phi) is 4.28. The molecule has 0 spiro atoms. The zero-order chi connectivity index (χ0) is 17.6. The molecule has 2 N–H and O–H groups in total. The first-order valence-corrected chi connectivity index (χ1v) is 7.88. The molecule has 1 aliphatic heterocycles. The normalized spacial score (nSPS) is 19.3. The van der Waals surface area contributed by atoms with Crippen LogP contribution in [0.2, 0.25) is 0 Å². The Labute approximate surface area is 137 Å². The summed E-state index contributed by atoms with van der Waals surface area (Å²) in [6.45, 7) is 9.31. The van der Waals surface area contributed by atoms with Gasteiger partial charge in [-0.25, -0.2) is 4.79 Å². The summed E-state index contributed by atoms with van der Waals surface area (Å²) in [5.74, 6) is -0.365. The zero-order valence-corrected chi connectivity index (χ0v) is 14.8. The molecular weight excluding hydrogens is 292 g/mol. The Morgan fingerprint density at radius 2 is 2.00 bits per heavy atom. The lowest BCUT2D eigenvalue weighted by molar-refractivity contribution is -0.153. The van der Waals surface area contributed by atoms with Crippen molar-refractivity contribution < 1.29 is 14.3 Å². The topological polar surface area (TPSA) is 72.6 Å². The average Bonchev–Trinajstić information content (AvgIpc) is 2.43. The van der Waals surface area contributed by atoms with Crippen molar-refractivity contribution in [3.8, 4) is 0 Å². The molecule has 0 aliphatic carbocycles. The molecule has 0 bridgehead atoms. The van der Waals surface area contributed by atoms with Gasteiger partial charge < -0.3 is 15.4 Å². The number of hydrogen-bond acceptors (Lipinski definition) is 4. The van der Waals surface area contributed by atoms with Crippen molar-refractivity contribution in [1.29, 1.82) is 0 Å². The van der Waals surface area contributed by atoms with Crippen LogP contribution in [0.3, 0.4) is 0 Å². The summed E-state index contributed by atoms with van der Waals surface area (Å²) in [5, 5.41) is 0. The van der Waals surface area contributed by atoms with Gasteiger partial charge in [0.2, 0.25) is 5.91 Å². The molecule has 1 aromatic carbocycles. The molecule has 5 nitrogen and oxygen atoms in total. The quantitative estimate of drug-likeness (QED) is 0.869. The number of rotatable bonds is 3. The Morgan fingerprint density at radius 1 is 1.39 bits per heavy atom. The highest BCUT2D eigenvalue weighted by Crippen LogP contribution is 2.41. The lowest BCUT2D eigenvalue weighted by Gasteiger charge is -2.38. The van der Waals surface area contributed by atoms with Gasteiger partial charge in [-0.3, -0.25) is 4.79 Å². The molecule has 1 heterocycles. The summed E-state index contributed by atoms with van der Waals surface area (Å²) >= 11 is 0. The molecule has 1 aromatic rings. The molecule has 1 atom stereocenters. The number of esters is 1. The third-order valence-corrected chi connectivity index (χ3v) is 4.42. The van der Waals surface area contributed by atoms with Crippen LogP contribution in [0.25, 0.3) is 0 Å². The van der Waals surface area contributed by atoms with Crippen molar-refractivity contribution in [2.45, 2.75) is 58.1 Å². The van der Waals surface area contributed by atoms with E-state index in [1.807, 2.05) is 26.0 Å². The number of benzene rings is 1. The number of fused-ring (bicyclic) bond motifs is 1. The summed E-state index contributed by atoms with van der Waals surface area (Å²) < 4.78 is 5.28. The van der Waals surface area contributed by atoms with Crippen molar-refractivity contribution in [2.24, 2.45) is 5.73 Å². The summed E-state index contributed by atoms with van der Waals surface area (Å²) in [4.78, 5) is 26.1. The molecule has 1 aliphatic rings. The first kappa shape index (κ1) is 17.5. The number of hydrogen-bond donors (Lipinski definition) is 1. The smallest absolute Gasteiger partial charge is 0.330 e. The van der Waals surface area contributed by atoms with E-state index >= 15 is 0 Å². The molecule has 0 radical (unpaired) electrons. The minimum Gasteiger partial charge on any atom is -0.461 e. The summed E-state index contributed by atoms with van der Waals surface area (Å²) in [7, 11) is 1.77. The maximum absolute atomic E-state index is 12.3. The fraction of sp³-hybridized carbons (Fsp3) is 0.556. The van der Waals surface area contributed by atoms with E-state index in [2.05, 4.69) is 0 Å². The number of amides is 1. The molecule has 0 aromatic heterocycles. The van der Waals surface area contributed by atoms with E-state index in [-0.39, 0.29) is 17.4 Å². The van der Waals surface area contributed by atoms with Gasteiger partial charge in [-0.05, 0) is 38.0 Å². The Bertz CT molecular complexity index is 648. The van der Waals surface area contributed by atoms with Crippen LogP contribution in [0.4, 0.5) is 5.69 Å². The lowest BCUT2D eigenvalue weighted by Crippen LogP contribution is -2.45. The maximum atomic E-state index is 12.3. The van der Waals surface area contributed by atoms with Gasteiger partial charge in [-0.15, -0.1) is 0 Å². The van der Waals surface area contributed by atoms with Crippen LogP contribution >= 0.6 is 0 Å². The molecule has 0 saturated carbocycles.